The van der Waals surface area contributed by atoms with E-state index in [1.54, 1.807) is 29.2 Å². The van der Waals surface area contributed by atoms with Gasteiger partial charge in [-0.05, 0) is 37.3 Å². The molecule has 0 aromatic heterocycles. The van der Waals surface area contributed by atoms with Gasteiger partial charge in [-0.2, -0.15) is 0 Å². The molecule has 1 amide bonds. The van der Waals surface area contributed by atoms with Crippen molar-refractivity contribution >= 4 is 28.9 Å². The predicted octanol–water partition coefficient (Wildman–Crippen LogP) is 2.32. The second kappa shape index (κ2) is 7.69. The van der Waals surface area contributed by atoms with Gasteiger partial charge >= 0.3 is 0 Å². The number of para-hydroxylation sites is 2. The molecule has 0 atom stereocenters. The zero-order chi connectivity index (χ0) is 16.9. The molecule has 1 fully saturated rings. The molecule has 0 bridgehead atoms. The Morgan fingerprint density at radius 2 is 1.92 bits per heavy atom. The monoisotopic (exact) mass is 344 g/mol. The van der Waals surface area contributed by atoms with E-state index >= 15 is 0 Å². The van der Waals surface area contributed by atoms with Gasteiger partial charge in [0.1, 0.15) is 0 Å². The van der Waals surface area contributed by atoms with Crippen molar-refractivity contribution in [1.29, 1.82) is 0 Å². The number of carbonyl (C=O) groups is 1. The second-order valence-corrected chi connectivity index (χ2v) is 6.51. The van der Waals surface area contributed by atoms with Crippen LogP contribution in [0.5, 0.6) is 0 Å². The number of rotatable bonds is 4. The van der Waals surface area contributed by atoms with Crippen LogP contribution >= 0.6 is 11.6 Å². The molecule has 0 spiro atoms. The first kappa shape index (κ1) is 16.8. The van der Waals surface area contributed by atoms with E-state index in [2.05, 4.69) is 23.2 Å². The highest BCUT2D eigenvalue weighted by atomic mass is 35.5. The first-order chi connectivity index (χ1) is 11.7. The highest BCUT2D eigenvalue weighted by Crippen LogP contribution is 2.26. The molecule has 4 nitrogen and oxygen atoms in total. The van der Waals surface area contributed by atoms with Crippen molar-refractivity contribution in [3.63, 3.8) is 0 Å². The van der Waals surface area contributed by atoms with E-state index in [4.69, 9.17) is 11.6 Å². The summed E-state index contributed by atoms with van der Waals surface area (Å²) in [6.07, 6.45) is 0. The van der Waals surface area contributed by atoms with Gasteiger partial charge in [0.05, 0.1) is 44.1 Å². The van der Waals surface area contributed by atoms with Crippen LogP contribution in [0.3, 0.4) is 0 Å². The molecule has 2 aromatic rings. The van der Waals surface area contributed by atoms with Crippen molar-refractivity contribution in [3.8, 4) is 0 Å². The number of hydrogen-bond acceptors (Lipinski definition) is 2. The Morgan fingerprint density at radius 3 is 2.62 bits per heavy atom. The van der Waals surface area contributed by atoms with Gasteiger partial charge in [-0.25, -0.2) is 0 Å². The third-order valence-electron chi connectivity index (χ3n) is 4.55. The third kappa shape index (κ3) is 3.89. The quantitative estimate of drug-likeness (QED) is 0.893. The van der Waals surface area contributed by atoms with Gasteiger partial charge in [-0.3, -0.25) is 4.79 Å². The number of benzene rings is 2. The smallest absolute Gasteiger partial charge is 0.255 e. The van der Waals surface area contributed by atoms with Crippen molar-refractivity contribution in [2.75, 3.05) is 42.9 Å². The van der Waals surface area contributed by atoms with Crippen molar-refractivity contribution in [3.05, 3.63) is 59.1 Å². The maximum absolute atomic E-state index is 12.5. The van der Waals surface area contributed by atoms with E-state index in [0.29, 0.717) is 10.6 Å². The first-order valence-electron chi connectivity index (χ1n) is 8.42. The summed E-state index contributed by atoms with van der Waals surface area (Å²) in [5.74, 6) is -0.136. The minimum Gasteiger partial charge on any atom is -0.359 e. The molecule has 0 unspecified atom stereocenters. The standard InChI is InChI=1S/C19H22ClN3O/c1-2-22-10-12-23(13-11-22)18-9-4-3-8-17(18)21-19(24)15-6-5-7-16(20)14-15/h3-9,14H,2,10-13H2,1H3,(H,21,24)/p+1. The fourth-order valence-corrected chi connectivity index (χ4v) is 3.29. The van der Waals surface area contributed by atoms with E-state index in [1.807, 2.05) is 18.2 Å². The molecule has 2 aromatic carbocycles. The van der Waals surface area contributed by atoms with Crippen molar-refractivity contribution in [2.24, 2.45) is 0 Å². The van der Waals surface area contributed by atoms with Crippen LogP contribution in [0.15, 0.2) is 48.5 Å². The Balaban J connectivity index is 1.76. The number of piperazine rings is 1. The van der Waals surface area contributed by atoms with Gasteiger partial charge in [0, 0.05) is 10.6 Å². The Labute approximate surface area is 148 Å². The van der Waals surface area contributed by atoms with Gasteiger partial charge in [-0.15, -0.1) is 0 Å². The van der Waals surface area contributed by atoms with Gasteiger partial charge in [0.15, 0.2) is 0 Å². The number of carbonyl (C=O) groups excluding carboxylic acids is 1. The Morgan fingerprint density at radius 1 is 1.17 bits per heavy atom. The van der Waals surface area contributed by atoms with Gasteiger partial charge < -0.3 is 15.1 Å². The number of nitrogens with one attached hydrogen (secondary N) is 2. The van der Waals surface area contributed by atoms with Crippen molar-refractivity contribution in [2.45, 2.75) is 6.92 Å². The van der Waals surface area contributed by atoms with E-state index in [0.717, 1.165) is 37.6 Å². The third-order valence-corrected chi connectivity index (χ3v) is 4.79. The van der Waals surface area contributed by atoms with Gasteiger partial charge in [-0.1, -0.05) is 29.8 Å². The van der Waals surface area contributed by atoms with Gasteiger partial charge in [0.2, 0.25) is 0 Å². The Hall–Kier alpha value is -2.04. The molecule has 1 aliphatic heterocycles. The highest BCUT2D eigenvalue weighted by molar-refractivity contribution is 6.31. The molecule has 24 heavy (non-hydrogen) atoms. The fraction of sp³-hybridized carbons (Fsp3) is 0.316. The minimum atomic E-state index is -0.136. The largest absolute Gasteiger partial charge is 0.359 e. The van der Waals surface area contributed by atoms with E-state index < -0.39 is 0 Å². The molecule has 5 heteroatoms. The zero-order valence-electron chi connectivity index (χ0n) is 13.9. The fourth-order valence-electron chi connectivity index (χ4n) is 3.10. The van der Waals surface area contributed by atoms with Crippen LogP contribution in [0, 0.1) is 0 Å². The lowest BCUT2D eigenvalue weighted by Gasteiger charge is -2.34. The average Bonchev–Trinajstić information content (AvgIpc) is 2.62. The molecular weight excluding hydrogens is 322 g/mol. The maximum Gasteiger partial charge on any atom is 0.255 e. The molecule has 0 aliphatic carbocycles. The Kier molecular flexibility index (Phi) is 5.38. The summed E-state index contributed by atoms with van der Waals surface area (Å²) in [6, 6.07) is 15.0. The van der Waals surface area contributed by atoms with Crippen LogP contribution in [-0.4, -0.2) is 38.6 Å². The van der Waals surface area contributed by atoms with E-state index in [9.17, 15) is 4.79 Å². The van der Waals surface area contributed by atoms with E-state index in [1.165, 1.54) is 6.54 Å². The zero-order valence-corrected chi connectivity index (χ0v) is 14.6. The molecule has 2 N–H and O–H groups in total. The number of likely N-dealkylation sites (N-methyl/N-ethyl adjacent to an activating group) is 1. The number of amides is 1. The number of anilines is 2. The summed E-state index contributed by atoms with van der Waals surface area (Å²) < 4.78 is 0. The first-order valence-corrected chi connectivity index (χ1v) is 8.79. The molecule has 1 heterocycles. The molecule has 0 saturated carbocycles. The summed E-state index contributed by atoms with van der Waals surface area (Å²) in [6.45, 7) is 7.67. The van der Waals surface area contributed by atoms with Crippen LogP contribution < -0.4 is 15.1 Å². The molecule has 0 radical (unpaired) electrons. The van der Waals surface area contributed by atoms with E-state index in [-0.39, 0.29) is 5.91 Å². The summed E-state index contributed by atoms with van der Waals surface area (Å²) in [4.78, 5) is 16.5. The maximum atomic E-state index is 12.5. The van der Waals surface area contributed by atoms with Crippen LogP contribution in [0.1, 0.15) is 17.3 Å². The SMILES string of the molecule is CC[NH+]1CCN(c2ccccc2NC(=O)c2cccc(Cl)c2)CC1. The van der Waals surface area contributed by atoms with Gasteiger partial charge in [0.25, 0.3) is 5.91 Å². The second-order valence-electron chi connectivity index (χ2n) is 6.07. The Bertz CT molecular complexity index is 711. The lowest BCUT2D eigenvalue weighted by molar-refractivity contribution is -0.898. The molecule has 1 aliphatic rings. The summed E-state index contributed by atoms with van der Waals surface area (Å²) in [5.41, 5.74) is 2.50. The number of nitrogens with zero attached hydrogens (tertiary/aromatic N) is 1. The number of quaternary nitrogens is 1. The summed E-state index contributed by atoms with van der Waals surface area (Å²) >= 11 is 5.98. The topological polar surface area (TPSA) is 36.8 Å². The normalized spacial score (nSPS) is 15.3. The molecule has 126 valence electrons. The predicted molar refractivity (Wildman–Crippen MR) is 99.3 cm³/mol. The van der Waals surface area contributed by atoms with Crippen LogP contribution in [-0.2, 0) is 0 Å². The summed E-state index contributed by atoms with van der Waals surface area (Å²) in [5, 5.41) is 3.59. The lowest BCUT2D eigenvalue weighted by Crippen LogP contribution is -3.14. The number of halogens is 1. The van der Waals surface area contributed by atoms with Crippen molar-refractivity contribution < 1.29 is 9.69 Å². The van der Waals surface area contributed by atoms with Crippen molar-refractivity contribution in [1.82, 2.24) is 0 Å². The van der Waals surface area contributed by atoms with Crippen LogP contribution in [0.2, 0.25) is 5.02 Å². The molecule has 1 saturated heterocycles. The lowest BCUT2D eigenvalue weighted by atomic mass is 10.1. The molecule has 3 rings (SSSR count). The van der Waals surface area contributed by atoms with Crippen LogP contribution in [0.4, 0.5) is 11.4 Å². The average molecular weight is 345 g/mol. The molecular formula is C19H23ClN3O+. The number of hydrogen-bond donors (Lipinski definition) is 2. The van der Waals surface area contributed by atoms with Crippen LogP contribution in [0.25, 0.3) is 0 Å². The highest BCUT2D eigenvalue weighted by Gasteiger charge is 2.21. The summed E-state index contributed by atoms with van der Waals surface area (Å²) in [7, 11) is 0. The minimum absolute atomic E-state index is 0.136.